The quantitative estimate of drug-likeness (QED) is 0.393. The van der Waals surface area contributed by atoms with E-state index in [0.29, 0.717) is 11.3 Å². The third kappa shape index (κ3) is 2.81. The number of amidine groups is 1. The molecule has 5 nitrogen and oxygen atoms in total. The number of pyridine rings is 1. The van der Waals surface area contributed by atoms with Gasteiger partial charge in [-0.15, -0.1) is 0 Å². The van der Waals surface area contributed by atoms with Crippen molar-refractivity contribution >= 4 is 5.84 Å². The number of ether oxygens (including phenoxy) is 1. The Morgan fingerprint density at radius 1 is 1.19 bits per heavy atom. The predicted molar refractivity (Wildman–Crippen MR) is 79.9 cm³/mol. The highest BCUT2D eigenvalue weighted by molar-refractivity contribution is 5.99. The maximum absolute atomic E-state index is 8.82. The molecule has 0 atom stereocenters. The zero-order valence-corrected chi connectivity index (χ0v) is 11.6. The lowest BCUT2D eigenvalue weighted by Gasteiger charge is -2.17. The Morgan fingerprint density at radius 2 is 2.00 bits per heavy atom. The number of fused-ring (bicyclic) bond motifs is 1. The smallest absolute Gasteiger partial charge is 0.173 e. The Morgan fingerprint density at radius 3 is 2.81 bits per heavy atom. The highest BCUT2D eigenvalue weighted by Crippen LogP contribution is 2.29. The first-order chi connectivity index (χ1) is 10.3. The minimum atomic E-state index is 0.00496. The van der Waals surface area contributed by atoms with Crippen molar-refractivity contribution < 1.29 is 9.94 Å². The molecule has 0 saturated carbocycles. The number of nitrogens with zero attached hydrogens (tertiary/aromatic N) is 2. The van der Waals surface area contributed by atoms with Crippen molar-refractivity contribution in [1.82, 2.24) is 4.98 Å². The maximum Gasteiger partial charge on any atom is 0.173 e. The molecule has 108 valence electrons. The number of hydrogen-bond acceptors (Lipinski definition) is 4. The lowest BCUT2D eigenvalue weighted by Crippen LogP contribution is -2.14. The van der Waals surface area contributed by atoms with E-state index < -0.39 is 0 Å². The zero-order chi connectivity index (χ0) is 14.7. The summed E-state index contributed by atoms with van der Waals surface area (Å²) in [5.74, 6) is 1.23. The fraction of sp³-hybridized carbons (Fsp3) is 0.250. The molecule has 1 heterocycles. The Bertz CT molecular complexity index is 683. The molecule has 0 unspecified atom stereocenters. The van der Waals surface area contributed by atoms with Crippen molar-refractivity contribution in [1.29, 1.82) is 0 Å². The Balaban J connectivity index is 1.90. The van der Waals surface area contributed by atoms with Gasteiger partial charge in [-0.1, -0.05) is 11.2 Å². The fourth-order valence-corrected chi connectivity index (χ4v) is 2.63. The van der Waals surface area contributed by atoms with E-state index in [-0.39, 0.29) is 5.84 Å². The molecule has 5 heteroatoms. The van der Waals surface area contributed by atoms with Crippen LogP contribution in [0.3, 0.4) is 0 Å². The van der Waals surface area contributed by atoms with Crippen LogP contribution in [-0.2, 0) is 12.8 Å². The second-order valence-corrected chi connectivity index (χ2v) is 5.10. The molecule has 2 aromatic rings. The summed E-state index contributed by atoms with van der Waals surface area (Å²) in [6.07, 6.45) is 7.84. The summed E-state index contributed by atoms with van der Waals surface area (Å²) in [6, 6.07) is 7.79. The van der Waals surface area contributed by atoms with Gasteiger partial charge in [0.25, 0.3) is 0 Å². The molecule has 3 N–H and O–H groups in total. The summed E-state index contributed by atoms with van der Waals surface area (Å²) < 4.78 is 5.86. The van der Waals surface area contributed by atoms with Crippen molar-refractivity contribution in [3.8, 4) is 11.5 Å². The molecule has 1 aromatic heterocycles. The molecule has 0 spiro atoms. The standard InChI is InChI=1S/C16H17N3O2/c17-16(19-20)14-7-8-18-10-15(14)21-13-6-5-11-3-1-2-4-12(11)9-13/h5-10,20H,1-4H2,(H2,17,19). The average Bonchev–Trinajstić information content (AvgIpc) is 2.54. The normalized spacial score (nSPS) is 14.6. The highest BCUT2D eigenvalue weighted by Gasteiger charge is 2.12. The molecule has 1 aliphatic carbocycles. The highest BCUT2D eigenvalue weighted by atomic mass is 16.5. The van der Waals surface area contributed by atoms with Crippen LogP contribution in [0.25, 0.3) is 0 Å². The van der Waals surface area contributed by atoms with Crippen molar-refractivity contribution in [2.75, 3.05) is 0 Å². The topological polar surface area (TPSA) is 80.7 Å². The molecule has 0 aliphatic heterocycles. The van der Waals surface area contributed by atoms with Crippen LogP contribution < -0.4 is 10.5 Å². The number of hydrogen-bond donors (Lipinski definition) is 2. The van der Waals surface area contributed by atoms with Gasteiger partial charge in [-0.25, -0.2) is 0 Å². The molecular formula is C16H17N3O2. The molecule has 0 fully saturated rings. The van der Waals surface area contributed by atoms with Gasteiger partial charge in [-0.2, -0.15) is 0 Å². The van der Waals surface area contributed by atoms with Crippen LogP contribution >= 0.6 is 0 Å². The Hall–Kier alpha value is -2.56. The molecule has 1 aromatic carbocycles. The van der Waals surface area contributed by atoms with E-state index in [9.17, 15) is 0 Å². The number of benzene rings is 1. The van der Waals surface area contributed by atoms with Gasteiger partial charge in [-0.05, 0) is 55.0 Å². The molecule has 0 saturated heterocycles. The van der Waals surface area contributed by atoms with Crippen LogP contribution in [0.4, 0.5) is 0 Å². The number of rotatable bonds is 3. The van der Waals surface area contributed by atoms with Gasteiger partial charge in [0.05, 0.1) is 11.8 Å². The minimum absolute atomic E-state index is 0.00496. The molecule has 21 heavy (non-hydrogen) atoms. The summed E-state index contributed by atoms with van der Waals surface area (Å²) in [4.78, 5) is 4.03. The van der Waals surface area contributed by atoms with Gasteiger partial charge in [0.1, 0.15) is 5.75 Å². The van der Waals surface area contributed by atoms with Gasteiger partial charge in [0, 0.05) is 6.20 Å². The van der Waals surface area contributed by atoms with Crippen molar-refractivity contribution in [2.45, 2.75) is 25.7 Å². The first-order valence-corrected chi connectivity index (χ1v) is 6.99. The second kappa shape index (κ2) is 5.83. The zero-order valence-electron chi connectivity index (χ0n) is 11.6. The Labute approximate surface area is 123 Å². The fourth-order valence-electron chi connectivity index (χ4n) is 2.63. The van der Waals surface area contributed by atoms with Gasteiger partial charge in [0.2, 0.25) is 0 Å². The number of oxime groups is 1. The summed E-state index contributed by atoms with van der Waals surface area (Å²) in [5.41, 5.74) is 8.91. The van der Waals surface area contributed by atoms with Crippen LogP contribution in [0, 0.1) is 0 Å². The SMILES string of the molecule is N/C(=N/O)c1ccncc1Oc1ccc2c(c1)CCCC2. The van der Waals surface area contributed by atoms with Crippen LogP contribution in [0.15, 0.2) is 41.8 Å². The molecule has 1 aliphatic rings. The second-order valence-electron chi connectivity index (χ2n) is 5.10. The van der Waals surface area contributed by atoms with E-state index in [1.807, 2.05) is 6.07 Å². The van der Waals surface area contributed by atoms with Gasteiger partial charge < -0.3 is 15.7 Å². The van der Waals surface area contributed by atoms with E-state index in [4.69, 9.17) is 15.7 Å². The minimum Gasteiger partial charge on any atom is -0.455 e. The first kappa shape index (κ1) is 13.4. The van der Waals surface area contributed by atoms with E-state index in [1.165, 1.54) is 24.0 Å². The average molecular weight is 283 g/mol. The van der Waals surface area contributed by atoms with Gasteiger partial charge in [-0.3, -0.25) is 4.98 Å². The number of nitrogens with two attached hydrogens (primary N) is 1. The molecule has 0 bridgehead atoms. The summed E-state index contributed by atoms with van der Waals surface area (Å²) >= 11 is 0. The van der Waals surface area contributed by atoms with Gasteiger partial charge in [0.15, 0.2) is 11.6 Å². The summed E-state index contributed by atoms with van der Waals surface area (Å²) in [7, 11) is 0. The van der Waals surface area contributed by atoms with Crippen molar-refractivity contribution in [2.24, 2.45) is 10.9 Å². The molecule has 0 amide bonds. The molecular weight excluding hydrogens is 266 g/mol. The monoisotopic (exact) mass is 283 g/mol. The number of aryl methyl sites for hydroxylation is 2. The van der Waals surface area contributed by atoms with Crippen LogP contribution in [0.1, 0.15) is 29.5 Å². The van der Waals surface area contributed by atoms with Crippen molar-refractivity contribution in [3.05, 3.63) is 53.3 Å². The van der Waals surface area contributed by atoms with Crippen LogP contribution in [0.2, 0.25) is 0 Å². The summed E-state index contributed by atoms with van der Waals surface area (Å²) in [5, 5.41) is 11.8. The largest absolute Gasteiger partial charge is 0.455 e. The summed E-state index contributed by atoms with van der Waals surface area (Å²) in [6.45, 7) is 0. The number of aromatic nitrogens is 1. The third-order valence-electron chi connectivity index (χ3n) is 3.72. The molecule has 3 rings (SSSR count). The van der Waals surface area contributed by atoms with Crippen LogP contribution in [-0.4, -0.2) is 16.0 Å². The van der Waals surface area contributed by atoms with Crippen LogP contribution in [0.5, 0.6) is 11.5 Å². The van der Waals surface area contributed by atoms with E-state index in [1.54, 1.807) is 18.5 Å². The predicted octanol–water partition coefficient (Wildman–Crippen LogP) is 2.85. The van der Waals surface area contributed by atoms with E-state index in [2.05, 4.69) is 22.3 Å². The van der Waals surface area contributed by atoms with E-state index >= 15 is 0 Å². The maximum atomic E-state index is 8.82. The third-order valence-corrected chi connectivity index (χ3v) is 3.72. The van der Waals surface area contributed by atoms with E-state index in [0.717, 1.165) is 18.6 Å². The van der Waals surface area contributed by atoms with Crippen molar-refractivity contribution in [3.63, 3.8) is 0 Å². The molecule has 0 radical (unpaired) electrons. The van der Waals surface area contributed by atoms with Gasteiger partial charge >= 0.3 is 0 Å². The first-order valence-electron chi connectivity index (χ1n) is 6.99. The lowest BCUT2D eigenvalue weighted by atomic mass is 9.92. The lowest BCUT2D eigenvalue weighted by molar-refractivity contribution is 0.318. The Kier molecular flexibility index (Phi) is 3.73.